The molecule has 3 heterocycles. The predicted molar refractivity (Wildman–Crippen MR) is 130 cm³/mol. The molecule has 0 bridgehead atoms. The Kier molecular flexibility index (Phi) is 5.67. The van der Waals surface area contributed by atoms with E-state index in [0.29, 0.717) is 15.8 Å². The van der Waals surface area contributed by atoms with Crippen molar-refractivity contribution in [1.82, 2.24) is 10.3 Å². The number of aromatic nitrogens is 1. The molecule has 1 fully saturated rings. The van der Waals surface area contributed by atoms with E-state index in [1.54, 1.807) is 12.3 Å². The van der Waals surface area contributed by atoms with Gasteiger partial charge in [0.05, 0.1) is 16.1 Å². The van der Waals surface area contributed by atoms with Crippen LogP contribution in [0.3, 0.4) is 0 Å². The van der Waals surface area contributed by atoms with Crippen molar-refractivity contribution >= 4 is 73.2 Å². The number of hydrogen-bond acceptors (Lipinski definition) is 6. The fourth-order valence-corrected chi connectivity index (χ4v) is 4.97. The van der Waals surface area contributed by atoms with Crippen molar-refractivity contribution in [2.24, 2.45) is 4.99 Å². The first kappa shape index (κ1) is 20.1. The maximum Gasteiger partial charge on any atom is 0.264 e. The van der Waals surface area contributed by atoms with E-state index < -0.39 is 0 Å². The SMILES string of the molecule is O=C1NC(=Nc2ccc(Br)cc2)S/C1=C\c1ccc(Sc2cccc3cccnc23)o1. The van der Waals surface area contributed by atoms with E-state index in [-0.39, 0.29) is 5.91 Å². The number of nitrogens with zero attached hydrogens (tertiary/aromatic N) is 2. The molecule has 0 spiro atoms. The molecular weight excluding hydrogens is 494 g/mol. The highest BCUT2D eigenvalue weighted by molar-refractivity contribution is 9.10. The lowest BCUT2D eigenvalue weighted by atomic mass is 10.2. The van der Waals surface area contributed by atoms with Gasteiger partial charge in [0.15, 0.2) is 10.3 Å². The summed E-state index contributed by atoms with van der Waals surface area (Å²) < 4.78 is 6.91. The summed E-state index contributed by atoms with van der Waals surface area (Å²) in [4.78, 5) is 22.8. The molecule has 1 amide bonds. The van der Waals surface area contributed by atoms with E-state index >= 15 is 0 Å². The van der Waals surface area contributed by atoms with E-state index in [1.807, 2.05) is 66.7 Å². The summed E-state index contributed by atoms with van der Waals surface area (Å²) in [6, 6.07) is 21.3. The van der Waals surface area contributed by atoms with Crippen LogP contribution in [0.1, 0.15) is 5.76 Å². The number of nitrogens with one attached hydrogen (secondary N) is 1. The molecule has 1 N–H and O–H groups in total. The monoisotopic (exact) mass is 507 g/mol. The van der Waals surface area contributed by atoms with Crippen molar-refractivity contribution in [1.29, 1.82) is 0 Å². The van der Waals surface area contributed by atoms with Gasteiger partial charge in [-0.2, -0.15) is 0 Å². The molecule has 2 aromatic carbocycles. The molecule has 31 heavy (non-hydrogen) atoms. The highest BCUT2D eigenvalue weighted by Crippen LogP contribution is 2.35. The molecule has 2 aromatic heterocycles. The largest absolute Gasteiger partial charge is 0.450 e. The predicted octanol–water partition coefficient (Wildman–Crippen LogP) is 6.63. The normalized spacial score (nSPS) is 16.4. The Morgan fingerprint density at radius 2 is 1.90 bits per heavy atom. The molecule has 0 radical (unpaired) electrons. The number of fused-ring (bicyclic) bond motifs is 1. The zero-order valence-corrected chi connectivity index (χ0v) is 19.1. The third kappa shape index (κ3) is 4.61. The summed E-state index contributed by atoms with van der Waals surface area (Å²) in [6.45, 7) is 0. The Hall–Kier alpha value is -2.81. The van der Waals surface area contributed by atoms with Gasteiger partial charge in [0, 0.05) is 27.0 Å². The standard InChI is InChI=1S/C23H14BrN3O2S2/c24-15-6-8-16(9-7-15)26-23-27-22(28)19(31-23)13-17-10-11-20(29-17)30-18-5-1-3-14-4-2-12-25-21(14)18/h1-13H,(H,26,27,28)/b19-13-. The van der Waals surface area contributed by atoms with Gasteiger partial charge in [-0.05, 0) is 72.1 Å². The van der Waals surface area contributed by atoms with Crippen LogP contribution in [0.2, 0.25) is 0 Å². The number of carbonyl (C=O) groups excluding carboxylic acids is 1. The fraction of sp³-hybridized carbons (Fsp3) is 0. The Balaban J connectivity index is 1.34. The number of hydrogen-bond donors (Lipinski definition) is 1. The number of halogens is 1. The quantitative estimate of drug-likeness (QED) is 0.314. The van der Waals surface area contributed by atoms with Gasteiger partial charge in [-0.15, -0.1) is 0 Å². The van der Waals surface area contributed by atoms with E-state index in [1.165, 1.54) is 23.5 Å². The van der Waals surface area contributed by atoms with Crippen LogP contribution in [0, 0.1) is 0 Å². The first-order valence-electron chi connectivity index (χ1n) is 9.31. The number of carbonyl (C=O) groups is 1. The van der Waals surface area contributed by atoms with Crippen LogP contribution in [0.15, 0.2) is 102 Å². The number of para-hydroxylation sites is 1. The topological polar surface area (TPSA) is 67.5 Å². The van der Waals surface area contributed by atoms with Crippen LogP contribution in [-0.4, -0.2) is 16.1 Å². The van der Waals surface area contributed by atoms with Crippen molar-refractivity contribution in [3.05, 3.63) is 88.1 Å². The van der Waals surface area contributed by atoms with Gasteiger partial charge in [-0.25, -0.2) is 4.99 Å². The molecule has 1 aliphatic rings. The van der Waals surface area contributed by atoms with Gasteiger partial charge in [-0.1, -0.05) is 34.1 Å². The second kappa shape index (κ2) is 8.74. The van der Waals surface area contributed by atoms with Crippen molar-refractivity contribution < 1.29 is 9.21 Å². The molecular formula is C23H14BrN3O2S2. The van der Waals surface area contributed by atoms with E-state index in [9.17, 15) is 4.79 Å². The number of amidine groups is 1. The number of furan rings is 1. The molecule has 0 unspecified atom stereocenters. The second-order valence-corrected chi connectivity index (χ2v) is 9.54. The minimum Gasteiger partial charge on any atom is -0.450 e. The molecule has 5 rings (SSSR count). The minimum absolute atomic E-state index is 0.190. The van der Waals surface area contributed by atoms with Crippen LogP contribution in [0.4, 0.5) is 5.69 Å². The Bertz CT molecular complexity index is 1340. The second-order valence-electron chi connectivity index (χ2n) is 6.55. The lowest BCUT2D eigenvalue weighted by Crippen LogP contribution is -2.19. The molecule has 1 saturated heterocycles. The van der Waals surface area contributed by atoms with E-state index in [0.717, 1.165) is 31.1 Å². The third-order valence-corrected chi connectivity index (χ3v) is 6.80. The third-order valence-electron chi connectivity index (χ3n) is 4.39. The lowest BCUT2D eigenvalue weighted by molar-refractivity contribution is -0.115. The Morgan fingerprint density at radius 1 is 1.06 bits per heavy atom. The maximum absolute atomic E-state index is 12.3. The smallest absolute Gasteiger partial charge is 0.264 e. The van der Waals surface area contributed by atoms with E-state index in [2.05, 4.69) is 31.2 Å². The average Bonchev–Trinajstić information content (AvgIpc) is 3.36. The molecule has 5 nitrogen and oxygen atoms in total. The van der Waals surface area contributed by atoms with Crippen molar-refractivity contribution in [3.63, 3.8) is 0 Å². The Labute approximate surface area is 195 Å². The number of aliphatic imine (C=N–C) groups is 1. The van der Waals surface area contributed by atoms with Gasteiger partial charge in [0.25, 0.3) is 5.91 Å². The van der Waals surface area contributed by atoms with E-state index in [4.69, 9.17) is 4.42 Å². The summed E-state index contributed by atoms with van der Waals surface area (Å²) in [5.74, 6) is 0.419. The highest BCUT2D eigenvalue weighted by atomic mass is 79.9. The highest BCUT2D eigenvalue weighted by Gasteiger charge is 2.24. The van der Waals surface area contributed by atoms with Crippen LogP contribution in [0.25, 0.3) is 17.0 Å². The fourth-order valence-electron chi connectivity index (χ4n) is 2.98. The number of rotatable bonds is 4. The zero-order chi connectivity index (χ0) is 21.2. The summed E-state index contributed by atoms with van der Waals surface area (Å²) in [7, 11) is 0. The van der Waals surface area contributed by atoms with Crippen molar-refractivity contribution in [2.45, 2.75) is 9.99 Å². The maximum atomic E-state index is 12.3. The molecule has 0 saturated carbocycles. The number of amides is 1. The molecule has 0 atom stereocenters. The lowest BCUT2D eigenvalue weighted by Gasteiger charge is -2.02. The average molecular weight is 508 g/mol. The Morgan fingerprint density at radius 3 is 2.77 bits per heavy atom. The number of benzene rings is 2. The van der Waals surface area contributed by atoms with Crippen LogP contribution in [0.5, 0.6) is 0 Å². The molecule has 0 aliphatic carbocycles. The molecule has 152 valence electrons. The van der Waals surface area contributed by atoms with Gasteiger partial charge in [-0.3, -0.25) is 9.78 Å². The first-order chi connectivity index (χ1) is 15.1. The van der Waals surface area contributed by atoms with Gasteiger partial charge < -0.3 is 9.73 Å². The van der Waals surface area contributed by atoms with Crippen LogP contribution >= 0.6 is 39.5 Å². The van der Waals surface area contributed by atoms with Crippen LogP contribution < -0.4 is 5.32 Å². The minimum atomic E-state index is -0.190. The summed E-state index contributed by atoms with van der Waals surface area (Å²) >= 11 is 6.20. The molecule has 1 aliphatic heterocycles. The van der Waals surface area contributed by atoms with Gasteiger partial charge in [0.2, 0.25) is 0 Å². The van der Waals surface area contributed by atoms with Crippen molar-refractivity contribution in [2.75, 3.05) is 0 Å². The summed E-state index contributed by atoms with van der Waals surface area (Å²) in [5, 5.41) is 5.15. The molecule has 4 aromatic rings. The first-order valence-corrected chi connectivity index (χ1v) is 11.7. The van der Waals surface area contributed by atoms with Crippen LogP contribution in [-0.2, 0) is 4.79 Å². The summed E-state index contributed by atoms with van der Waals surface area (Å²) in [5.41, 5.74) is 1.71. The number of thioether (sulfide) groups is 1. The van der Waals surface area contributed by atoms with Gasteiger partial charge in [0.1, 0.15) is 5.76 Å². The van der Waals surface area contributed by atoms with Crippen molar-refractivity contribution in [3.8, 4) is 0 Å². The zero-order valence-electron chi connectivity index (χ0n) is 15.9. The number of pyridine rings is 1. The van der Waals surface area contributed by atoms with Gasteiger partial charge >= 0.3 is 0 Å². The summed E-state index contributed by atoms with van der Waals surface area (Å²) in [6.07, 6.45) is 3.52. The molecule has 8 heteroatoms.